The Kier molecular flexibility index (Phi) is 5.71. The van der Waals surface area contributed by atoms with E-state index >= 15 is 0 Å². The number of nitro benzene ring substituents is 1. The van der Waals surface area contributed by atoms with Gasteiger partial charge < -0.3 is 21.1 Å². The zero-order valence-electron chi connectivity index (χ0n) is 16.9. The summed E-state index contributed by atoms with van der Waals surface area (Å²) in [4.78, 5) is 34.6. The van der Waals surface area contributed by atoms with Gasteiger partial charge in [-0.3, -0.25) is 14.9 Å². The highest BCUT2D eigenvalue weighted by Crippen LogP contribution is 2.44. The summed E-state index contributed by atoms with van der Waals surface area (Å²) in [5.74, 6) is -0.683. The number of rotatable bonds is 6. The SMILES string of the molecule is Nc1c(NC(=O)CNC(=O)OCC2c3ccccc3-c3ccccc32)cccc1[N+](=O)[O-]. The van der Waals surface area contributed by atoms with Crippen molar-refractivity contribution in [1.29, 1.82) is 0 Å². The molecule has 0 aliphatic heterocycles. The number of carbonyl (C=O) groups is 2. The van der Waals surface area contributed by atoms with E-state index in [0.717, 1.165) is 22.3 Å². The predicted octanol–water partition coefficient (Wildman–Crippen LogP) is 3.65. The van der Waals surface area contributed by atoms with Crippen LogP contribution < -0.4 is 16.4 Å². The van der Waals surface area contributed by atoms with Crippen molar-refractivity contribution in [2.75, 3.05) is 24.2 Å². The molecule has 3 aromatic carbocycles. The summed E-state index contributed by atoms with van der Waals surface area (Å²) >= 11 is 0. The molecule has 0 saturated carbocycles. The second kappa shape index (κ2) is 8.76. The molecular weight excluding hydrogens is 412 g/mol. The van der Waals surface area contributed by atoms with Gasteiger partial charge in [-0.2, -0.15) is 0 Å². The Morgan fingerprint density at radius 3 is 2.22 bits per heavy atom. The third-order valence-corrected chi connectivity index (χ3v) is 5.29. The summed E-state index contributed by atoms with van der Waals surface area (Å²) in [6.07, 6.45) is -0.742. The lowest BCUT2D eigenvalue weighted by molar-refractivity contribution is -0.383. The number of hydrogen-bond donors (Lipinski definition) is 3. The number of nitrogens with one attached hydrogen (secondary N) is 2. The van der Waals surface area contributed by atoms with E-state index in [1.807, 2.05) is 48.5 Å². The van der Waals surface area contributed by atoms with Gasteiger partial charge >= 0.3 is 6.09 Å². The number of hydrogen-bond acceptors (Lipinski definition) is 6. The number of nitrogens with zero attached hydrogens (tertiary/aromatic N) is 1. The molecule has 2 amide bonds. The zero-order valence-corrected chi connectivity index (χ0v) is 16.9. The van der Waals surface area contributed by atoms with Gasteiger partial charge in [0.2, 0.25) is 5.91 Å². The first-order chi connectivity index (χ1) is 15.5. The highest BCUT2D eigenvalue weighted by atomic mass is 16.6. The van der Waals surface area contributed by atoms with E-state index in [9.17, 15) is 19.7 Å². The van der Waals surface area contributed by atoms with Crippen LogP contribution in [-0.4, -0.2) is 30.1 Å². The average molecular weight is 432 g/mol. The average Bonchev–Trinajstić information content (AvgIpc) is 3.11. The topological polar surface area (TPSA) is 137 Å². The summed E-state index contributed by atoms with van der Waals surface area (Å²) in [5, 5.41) is 15.8. The lowest BCUT2D eigenvalue weighted by Gasteiger charge is -2.14. The van der Waals surface area contributed by atoms with Crippen molar-refractivity contribution >= 4 is 29.1 Å². The summed E-state index contributed by atoms with van der Waals surface area (Å²) < 4.78 is 5.37. The third-order valence-electron chi connectivity index (χ3n) is 5.29. The van der Waals surface area contributed by atoms with Crippen LogP contribution in [0, 0.1) is 10.1 Å². The molecule has 0 aromatic heterocycles. The van der Waals surface area contributed by atoms with E-state index in [-0.39, 0.29) is 36.1 Å². The minimum Gasteiger partial charge on any atom is -0.449 e. The van der Waals surface area contributed by atoms with Gasteiger partial charge in [-0.05, 0) is 28.3 Å². The van der Waals surface area contributed by atoms with Crippen LogP contribution >= 0.6 is 0 Å². The van der Waals surface area contributed by atoms with Gasteiger partial charge in [0.15, 0.2) is 0 Å². The summed E-state index contributed by atoms with van der Waals surface area (Å²) in [7, 11) is 0. The Hall–Kier alpha value is -4.40. The molecule has 32 heavy (non-hydrogen) atoms. The zero-order chi connectivity index (χ0) is 22.7. The smallest absolute Gasteiger partial charge is 0.407 e. The number of nitrogens with two attached hydrogens (primary N) is 1. The van der Waals surface area contributed by atoms with E-state index in [1.165, 1.54) is 18.2 Å². The number of anilines is 2. The van der Waals surface area contributed by atoms with Gasteiger partial charge in [-0.25, -0.2) is 4.79 Å². The molecular formula is C23H20N4O5. The highest BCUT2D eigenvalue weighted by molar-refractivity contribution is 5.97. The Morgan fingerprint density at radius 2 is 1.59 bits per heavy atom. The van der Waals surface area contributed by atoms with Crippen molar-refractivity contribution in [2.45, 2.75) is 5.92 Å². The molecule has 4 rings (SSSR count). The third kappa shape index (κ3) is 4.08. The number of amides is 2. The van der Waals surface area contributed by atoms with Crippen molar-refractivity contribution in [3.63, 3.8) is 0 Å². The fraction of sp³-hybridized carbons (Fsp3) is 0.130. The molecule has 1 aliphatic carbocycles. The Balaban J connectivity index is 1.33. The van der Waals surface area contributed by atoms with E-state index in [1.54, 1.807) is 0 Å². The maximum atomic E-state index is 12.2. The van der Waals surface area contributed by atoms with Crippen molar-refractivity contribution in [1.82, 2.24) is 5.32 Å². The van der Waals surface area contributed by atoms with Crippen LogP contribution in [0.15, 0.2) is 66.7 Å². The van der Waals surface area contributed by atoms with Crippen LogP contribution in [-0.2, 0) is 9.53 Å². The first-order valence-electron chi connectivity index (χ1n) is 9.87. The molecule has 0 heterocycles. The Labute approximate surface area is 183 Å². The van der Waals surface area contributed by atoms with E-state index in [2.05, 4.69) is 10.6 Å². The second-order valence-electron chi connectivity index (χ2n) is 7.22. The van der Waals surface area contributed by atoms with Gasteiger partial charge in [-0.1, -0.05) is 54.6 Å². The number of nitrogen functional groups attached to an aromatic ring is 1. The predicted molar refractivity (Wildman–Crippen MR) is 119 cm³/mol. The lowest BCUT2D eigenvalue weighted by atomic mass is 9.98. The number of para-hydroxylation sites is 1. The lowest BCUT2D eigenvalue weighted by Crippen LogP contribution is -2.34. The maximum absolute atomic E-state index is 12.2. The number of carbonyl (C=O) groups excluding carboxylic acids is 2. The molecule has 0 bridgehead atoms. The van der Waals surface area contributed by atoms with Crippen LogP contribution in [0.3, 0.4) is 0 Å². The number of nitro groups is 1. The van der Waals surface area contributed by atoms with Crippen molar-refractivity contribution in [2.24, 2.45) is 0 Å². The first-order valence-corrected chi connectivity index (χ1v) is 9.87. The molecule has 0 fully saturated rings. The molecule has 162 valence electrons. The minimum atomic E-state index is -0.742. The first kappa shape index (κ1) is 20.9. The normalized spacial score (nSPS) is 11.9. The standard InChI is InChI=1S/C23H20N4O5/c24-22-19(10-5-11-20(22)27(30)31)26-21(28)12-25-23(29)32-13-18-16-8-3-1-6-14(16)15-7-2-4-9-17(15)18/h1-11,18H,12-13,24H2,(H,25,29)(H,26,28). The summed E-state index contributed by atoms with van der Waals surface area (Å²) in [6, 6.07) is 20.0. The monoisotopic (exact) mass is 432 g/mol. The number of fused-ring (bicyclic) bond motifs is 3. The molecule has 0 atom stereocenters. The Morgan fingerprint density at radius 1 is 0.969 bits per heavy atom. The number of ether oxygens (including phenoxy) is 1. The number of alkyl carbamates (subject to hydrolysis) is 1. The van der Waals surface area contributed by atoms with Gasteiger partial charge in [0.05, 0.1) is 10.6 Å². The van der Waals surface area contributed by atoms with Crippen LogP contribution in [0.1, 0.15) is 17.0 Å². The number of benzene rings is 3. The molecule has 0 spiro atoms. The molecule has 1 aliphatic rings. The molecule has 0 unspecified atom stereocenters. The van der Waals surface area contributed by atoms with Crippen LogP contribution in [0.5, 0.6) is 0 Å². The van der Waals surface area contributed by atoms with Crippen molar-refractivity contribution in [3.8, 4) is 11.1 Å². The Bertz CT molecular complexity index is 1160. The van der Waals surface area contributed by atoms with Crippen molar-refractivity contribution < 1.29 is 19.2 Å². The second-order valence-corrected chi connectivity index (χ2v) is 7.22. The van der Waals surface area contributed by atoms with Crippen LogP contribution in [0.25, 0.3) is 11.1 Å². The quantitative estimate of drug-likeness (QED) is 0.309. The molecule has 4 N–H and O–H groups in total. The van der Waals surface area contributed by atoms with Crippen LogP contribution in [0.4, 0.5) is 21.9 Å². The molecule has 9 nitrogen and oxygen atoms in total. The molecule has 0 radical (unpaired) electrons. The van der Waals surface area contributed by atoms with E-state index < -0.39 is 16.9 Å². The van der Waals surface area contributed by atoms with Crippen molar-refractivity contribution in [3.05, 3.63) is 88.0 Å². The molecule has 0 saturated heterocycles. The van der Waals surface area contributed by atoms with E-state index in [4.69, 9.17) is 10.5 Å². The van der Waals surface area contributed by atoms with Gasteiger partial charge in [0.25, 0.3) is 5.69 Å². The summed E-state index contributed by atoms with van der Waals surface area (Å²) in [5.41, 5.74) is 9.74. The molecule has 9 heteroatoms. The van der Waals surface area contributed by atoms with Gasteiger partial charge in [-0.15, -0.1) is 0 Å². The molecule has 3 aromatic rings. The highest BCUT2D eigenvalue weighted by Gasteiger charge is 2.29. The fourth-order valence-electron chi connectivity index (χ4n) is 3.82. The largest absolute Gasteiger partial charge is 0.449 e. The van der Waals surface area contributed by atoms with Crippen LogP contribution in [0.2, 0.25) is 0 Å². The van der Waals surface area contributed by atoms with Gasteiger partial charge in [0, 0.05) is 12.0 Å². The summed E-state index contributed by atoms with van der Waals surface area (Å²) in [6.45, 7) is -0.252. The van der Waals surface area contributed by atoms with E-state index in [0.29, 0.717) is 0 Å². The minimum absolute atomic E-state index is 0.0911. The fourth-order valence-corrected chi connectivity index (χ4v) is 3.82. The maximum Gasteiger partial charge on any atom is 0.407 e. The van der Waals surface area contributed by atoms with Gasteiger partial charge in [0.1, 0.15) is 18.8 Å².